The van der Waals surface area contributed by atoms with E-state index in [1.165, 1.54) is 15.9 Å². The van der Waals surface area contributed by atoms with E-state index in [2.05, 4.69) is 10.6 Å². The van der Waals surface area contributed by atoms with Crippen LogP contribution in [0.3, 0.4) is 0 Å². The van der Waals surface area contributed by atoms with Gasteiger partial charge in [-0.25, -0.2) is 9.36 Å². The first-order valence-corrected chi connectivity index (χ1v) is 13.3. The van der Waals surface area contributed by atoms with E-state index in [-0.39, 0.29) is 31.3 Å². The van der Waals surface area contributed by atoms with E-state index in [1.807, 2.05) is 31.2 Å². The first kappa shape index (κ1) is 25.9. The van der Waals surface area contributed by atoms with Gasteiger partial charge < -0.3 is 15.1 Å². The molecule has 0 saturated heterocycles. The predicted octanol–water partition coefficient (Wildman–Crippen LogP) is 3.87. The van der Waals surface area contributed by atoms with Crippen molar-refractivity contribution in [3.63, 3.8) is 0 Å². The number of aromatic nitrogens is 2. The maximum atomic E-state index is 13.6. The third-order valence-electron chi connectivity index (χ3n) is 6.33. The van der Waals surface area contributed by atoms with Crippen molar-refractivity contribution >= 4 is 39.1 Å². The Morgan fingerprint density at radius 3 is 2.49 bits per heavy atom. The highest BCUT2D eigenvalue weighted by molar-refractivity contribution is 7.17. The number of thiophene rings is 1. The zero-order valence-electron chi connectivity index (χ0n) is 21.2. The number of anilines is 1. The highest BCUT2D eigenvalue weighted by atomic mass is 32.1. The second-order valence-corrected chi connectivity index (χ2v) is 9.82. The molecule has 5 aromatic rings. The van der Waals surface area contributed by atoms with Crippen LogP contribution in [-0.2, 0) is 35.5 Å². The van der Waals surface area contributed by atoms with E-state index in [4.69, 9.17) is 4.42 Å². The maximum absolute atomic E-state index is 13.6. The van der Waals surface area contributed by atoms with Crippen molar-refractivity contribution < 1.29 is 14.0 Å². The van der Waals surface area contributed by atoms with Crippen LogP contribution in [0.15, 0.2) is 92.4 Å². The molecule has 2 amide bonds. The molecule has 2 aromatic carbocycles. The van der Waals surface area contributed by atoms with Gasteiger partial charge >= 0.3 is 5.69 Å². The van der Waals surface area contributed by atoms with Gasteiger partial charge in [0.1, 0.15) is 17.0 Å². The summed E-state index contributed by atoms with van der Waals surface area (Å²) in [6.45, 7) is 2.04. The Bertz CT molecular complexity index is 1750. The van der Waals surface area contributed by atoms with E-state index in [1.54, 1.807) is 54.1 Å². The Labute approximate surface area is 227 Å². The van der Waals surface area contributed by atoms with Crippen LogP contribution >= 0.6 is 11.3 Å². The van der Waals surface area contributed by atoms with Crippen LogP contribution in [0.2, 0.25) is 0 Å². The van der Waals surface area contributed by atoms with Gasteiger partial charge in [0.25, 0.3) is 5.56 Å². The van der Waals surface area contributed by atoms with Crippen LogP contribution in [0.25, 0.3) is 15.9 Å². The average molecular weight is 543 g/mol. The van der Waals surface area contributed by atoms with Gasteiger partial charge in [0.15, 0.2) is 0 Å². The minimum absolute atomic E-state index is 0.128. The Kier molecular flexibility index (Phi) is 7.55. The normalized spacial score (nSPS) is 11.0. The lowest BCUT2D eigenvalue weighted by Gasteiger charge is -2.14. The molecule has 3 heterocycles. The summed E-state index contributed by atoms with van der Waals surface area (Å²) in [6, 6.07) is 19.3. The standard InChI is InChI=1S/C29H26N4O5S/c1-2-20-6-3-4-8-23(20)31-26(35)18-32-24-13-15-39-27(24)28(36)33(29(32)37)21-11-9-19(10-12-21)16-25(34)30-17-22-7-5-14-38-22/h3-15H,2,16-18H2,1H3,(H,30,34)(H,31,35). The molecule has 0 bridgehead atoms. The first-order valence-electron chi connectivity index (χ1n) is 12.4. The second kappa shape index (κ2) is 11.4. The molecule has 3 aromatic heterocycles. The first-order chi connectivity index (χ1) is 18.9. The van der Waals surface area contributed by atoms with E-state index in [0.717, 1.165) is 22.1 Å². The summed E-state index contributed by atoms with van der Waals surface area (Å²) in [5.41, 5.74) is 2.08. The van der Waals surface area contributed by atoms with Crippen molar-refractivity contribution in [1.29, 1.82) is 0 Å². The lowest BCUT2D eigenvalue weighted by Crippen LogP contribution is -2.40. The molecule has 5 rings (SSSR count). The topological polar surface area (TPSA) is 115 Å². The van der Waals surface area contributed by atoms with Gasteiger partial charge in [-0.05, 0) is 59.3 Å². The van der Waals surface area contributed by atoms with Gasteiger partial charge in [0.2, 0.25) is 11.8 Å². The molecular weight excluding hydrogens is 516 g/mol. The van der Waals surface area contributed by atoms with E-state index < -0.39 is 11.2 Å². The molecule has 0 unspecified atom stereocenters. The summed E-state index contributed by atoms with van der Waals surface area (Å²) in [7, 11) is 0. The van der Waals surface area contributed by atoms with E-state index in [9.17, 15) is 19.2 Å². The third kappa shape index (κ3) is 5.60. The molecular formula is C29H26N4O5S. The smallest absolute Gasteiger partial charge is 0.336 e. The highest BCUT2D eigenvalue weighted by Crippen LogP contribution is 2.18. The number of hydrogen-bond donors (Lipinski definition) is 2. The van der Waals surface area contributed by atoms with Gasteiger partial charge in [0.05, 0.1) is 30.4 Å². The number of para-hydroxylation sites is 1. The summed E-state index contributed by atoms with van der Waals surface area (Å²) in [5.74, 6) is 0.0996. The number of amides is 2. The summed E-state index contributed by atoms with van der Waals surface area (Å²) >= 11 is 1.21. The second-order valence-electron chi connectivity index (χ2n) is 8.90. The fourth-order valence-corrected chi connectivity index (χ4v) is 5.19. The minimum Gasteiger partial charge on any atom is -0.467 e. The lowest BCUT2D eigenvalue weighted by atomic mass is 10.1. The molecule has 0 aliphatic heterocycles. The molecule has 0 spiro atoms. The zero-order valence-corrected chi connectivity index (χ0v) is 22.0. The summed E-state index contributed by atoms with van der Waals surface area (Å²) in [4.78, 5) is 52.1. The molecule has 2 N–H and O–H groups in total. The van der Waals surface area contributed by atoms with Crippen molar-refractivity contribution in [2.45, 2.75) is 32.9 Å². The quantitative estimate of drug-likeness (QED) is 0.294. The number of benzene rings is 2. The van der Waals surface area contributed by atoms with Gasteiger partial charge in [-0.2, -0.15) is 0 Å². The van der Waals surface area contributed by atoms with Crippen molar-refractivity contribution in [2.24, 2.45) is 0 Å². The number of carbonyl (C=O) groups excluding carboxylic acids is 2. The number of nitrogens with zero attached hydrogens (tertiary/aromatic N) is 2. The summed E-state index contributed by atoms with van der Waals surface area (Å²) in [5, 5.41) is 7.40. The van der Waals surface area contributed by atoms with Crippen LogP contribution in [0.5, 0.6) is 0 Å². The molecule has 10 heteroatoms. The van der Waals surface area contributed by atoms with Gasteiger partial charge in [0, 0.05) is 5.69 Å². The van der Waals surface area contributed by atoms with Crippen LogP contribution in [0.4, 0.5) is 5.69 Å². The van der Waals surface area contributed by atoms with E-state index >= 15 is 0 Å². The van der Waals surface area contributed by atoms with Gasteiger partial charge in [-0.15, -0.1) is 11.3 Å². The summed E-state index contributed by atoms with van der Waals surface area (Å²) < 4.78 is 7.96. The molecule has 0 fully saturated rings. The van der Waals surface area contributed by atoms with E-state index in [0.29, 0.717) is 27.4 Å². The van der Waals surface area contributed by atoms with Gasteiger partial charge in [-0.3, -0.25) is 19.0 Å². The number of hydrogen-bond acceptors (Lipinski definition) is 6. The lowest BCUT2D eigenvalue weighted by molar-refractivity contribution is -0.120. The maximum Gasteiger partial charge on any atom is 0.336 e. The van der Waals surface area contributed by atoms with Crippen LogP contribution in [-0.4, -0.2) is 20.9 Å². The third-order valence-corrected chi connectivity index (χ3v) is 7.22. The Morgan fingerprint density at radius 2 is 1.74 bits per heavy atom. The van der Waals surface area contributed by atoms with Crippen molar-refractivity contribution in [2.75, 3.05) is 5.32 Å². The number of fused-ring (bicyclic) bond motifs is 1. The zero-order chi connectivity index (χ0) is 27.4. The van der Waals surface area contributed by atoms with Crippen molar-refractivity contribution in [3.05, 3.63) is 116 Å². The minimum atomic E-state index is -0.617. The molecule has 198 valence electrons. The number of aryl methyl sites for hydroxylation is 1. The Balaban J connectivity index is 1.39. The molecule has 0 atom stereocenters. The van der Waals surface area contributed by atoms with Crippen molar-refractivity contribution in [1.82, 2.24) is 14.5 Å². The molecule has 9 nitrogen and oxygen atoms in total. The number of nitrogens with one attached hydrogen (secondary N) is 2. The molecule has 0 saturated carbocycles. The molecule has 39 heavy (non-hydrogen) atoms. The SMILES string of the molecule is CCc1ccccc1NC(=O)Cn1c(=O)n(-c2ccc(CC(=O)NCc3ccco3)cc2)c(=O)c2sccc21. The monoisotopic (exact) mass is 542 g/mol. The average Bonchev–Trinajstić information content (AvgIpc) is 3.64. The molecule has 0 aliphatic rings. The Morgan fingerprint density at radius 1 is 0.949 bits per heavy atom. The number of rotatable bonds is 9. The molecule has 0 radical (unpaired) electrons. The van der Waals surface area contributed by atoms with Crippen molar-refractivity contribution in [3.8, 4) is 5.69 Å². The molecule has 0 aliphatic carbocycles. The van der Waals surface area contributed by atoms with Gasteiger partial charge in [-0.1, -0.05) is 37.3 Å². The van der Waals surface area contributed by atoms with Crippen LogP contribution in [0, 0.1) is 0 Å². The predicted molar refractivity (Wildman–Crippen MR) is 150 cm³/mol. The number of furan rings is 1. The summed E-state index contributed by atoms with van der Waals surface area (Å²) in [6.07, 6.45) is 2.42. The van der Waals surface area contributed by atoms with Crippen LogP contribution in [0.1, 0.15) is 23.8 Å². The number of carbonyl (C=O) groups is 2. The highest BCUT2D eigenvalue weighted by Gasteiger charge is 2.18. The van der Waals surface area contributed by atoms with Crippen LogP contribution < -0.4 is 21.9 Å². The largest absolute Gasteiger partial charge is 0.467 e. The fourth-order valence-electron chi connectivity index (χ4n) is 4.36. The fraction of sp³-hybridized carbons (Fsp3) is 0.172. The Hall–Kier alpha value is -4.70.